The van der Waals surface area contributed by atoms with E-state index in [2.05, 4.69) is 22.8 Å². The second-order valence-electron chi connectivity index (χ2n) is 6.80. The van der Waals surface area contributed by atoms with Crippen LogP contribution >= 0.6 is 0 Å². The maximum absolute atomic E-state index is 10.3. The Hall–Kier alpha value is -1.22. The Balaban J connectivity index is 1.89. The van der Waals surface area contributed by atoms with Gasteiger partial charge < -0.3 is 15.7 Å². The highest BCUT2D eigenvalue weighted by atomic mass is 16.3. The topological polar surface area (TPSA) is 44.3 Å². The molecule has 0 aromatic heterocycles. The van der Waals surface area contributed by atoms with Crippen molar-refractivity contribution >= 4 is 5.69 Å². The molecular formula is C17H24N2O. The van der Waals surface area contributed by atoms with Gasteiger partial charge in [0.05, 0.1) is 5.69 Å². The van der Waals surface area contributed by atoms with Crippen LogP contribution in [0.25, 0.3) is 0 Å². The molecule has 3 atom stereocenters. The summed E-state index contributed by atoms with van der Waals surface area (Å²) in [6.07, 6.45) is 7.74. The molecule has 1 aromatic rings. The van der Waals surface area contributed by atoms with E-state index in [9.17, 15) is 5.11 Å². The molecule has 20 heavy (non-hydrogen) atoms. The number of phenolic OH excluding ortho intramolecular Hbond substituents is 1. The van der Waals surface area contributed by atoms with Crippen molar-refractivity contribution in [1.82, 2.24) is 5.32 Å². The van der Waals surface area contributed by atoms with Crippen molar-refractivity contribution in [2.45, 2.75) is 50.0 Å². The fourth-order valence-electron chi connectivity index (χ4n) is 5.17. The molecule has 3 heteroatoms. The first-order chi connectivity index (χ1) is 9.74. The van der Waals surface area contributed by atoms with Gasteiger partial charge in [0, 0.05) is 18.5 Å². The number of nitrogens with one attached hydrogen (secondary N) is 2. The number of hydrogen-bond donors (Lipinski definition) is 3. The molecule has 1 saturated heterocycles. The van der Waals surface area contributed by atoms with E-state index in [4.69, 9.17) is 0 Å². The van der Waals surface area contributed by atoms with Crippen LogP contribution < -0.4 is 10.6 Å². The van der Waals surface area contributed by atoms with Gasteiger partial charge >= 0.3 is 0 Å². The van der Waals surface area contributed by atoms with Gasteiger partial charge in [-0.3, -0.25) is 0 Å². The van der Waals surface area contributed by atoms with E-state index in [0.717, 1.165) is 24.6 Å². The zero-order valence-electron chi connectivity index (χ0n) is 12.2. The van der Waals surface area contributed by atoms with E-state index in [1.165, 1.54) is 43.2 Å². The Kier molecular flexibility index (Phi) is 2.75. The first-order valence-electron chi connectivity index (χ1n) is 8.02. The first-order valence-corrected chi connectivity index (χ1v) is 8.02. The van der Waals surface area contributed by atoms with Crippen molar-refractivity contribution < 1.29 is 5.11 Å². The average Bonchev–Trinajstić information content (AvgIpc) is 2.48. The van der Waals surface area contributed by atoms with Gasteiger partial charge in [0.15, 0.2) is 0 Å². The number of anilines is 1. The molecular weight excluding hydrogens is 248 g/mol. The lowest BCUT2D eigenvalue weighted by Gasteiger charge is -2.56. The maximum atomic E-state index is 10.3. The van der Waals surface area contributed by atoms with Gasteiger partial charge in [-0.1, -0.05) is 12.8 Å². The molecule has 1 heterocycles. The molecule has 1 saturated carbocycles. The number of aromatic hydroxyl groups is 1. The van der Waals surface area contributed by atoms with Crippen LogP contribution in [0.15, 0.2) is 12.1 Å². The van der Waals surface area contributed by atoms with E-state index in [1.807, 2.05) is 7.05 Å². The van der Waals surface area contributed by atoms with Crippen molar-refractivity contribution in [1.29, 1.82) is 0 Å². The van der Waals surface area contributed by atoms with Crippen LogP contribution in [0, 0.1) is 5.92 Å². The SMILES string of the molecule is CNc1cc2c(cc1O)[C@@]13CCCC[C@H]1[C@@H](C2)NCC3. The Bertz CT molecular complexity index is 538. The highest BCUT2D eigenvalue weighted by Crippen LogP contribution is 2.54. The van der Waals surface area contributed by atoms with Crippen molar-refractivity contribution in [3.8, 4) is 5.75 Å². The quantitative estimate of drug-likeness (QED) is 0.689. The van der Waals surface area contributed by atoms with Crippen molar-refractivity contribution in [2.75, 3.05) is 18.9 Å². The molecule has 2 bridgehead atoms. The molecule has 1 aromatic carbocycles. The van der Waals surface area contributed by atoms with Crippen LogP contribution in [0.4, 0.5) is 5.69 Å². The Morgan fingerprint density at radius 3 is 3.05 bits per heavy atom. The second kappa shape index (κ2) is 4.39. The lowest BCUT2D eigenvalue weighted by Crippen LogP contribution is -2.59. The van der Waals surface area contributed by atoms with Gasteiger partial charge in [0.1, 0.15) is 5.75 Å². The summed E-state index contributed by atoms with van der Waals surface area (Å²) < 4.78 is 0. The summed E-state index contributed by atoms with van der Waals surface area (Å²) >= 11 is 0. The number of piperidine rings is 1. The lowest BCUT2D eigenvalue weighted by molar-refractivity contribution is 0.0796. The van der Waals surface area contributed by atoms with E-state index in [-0.39, 0.29) is 0 Å². The summed E-state index contributed by atoms with van der Waals surface area (Å²) in [7, 11) is 1.88. The Morgan fingerprint density at radius 1 is 1.30 bits per heavy atom. The summed E-state index contributed by atoms with van der Waals surface area (Å²) in [5.41, 5.74) is 4.11. The number of rotatable bonds is 1. The maximum Gasteiger partial charge on any atom is 0.138 e. The molecule has 3 aliphatic rings. The molecule has 1 aliphatic heterocycles. The lowest BCUT2D eigenvalue weighted by atomic mass is 9.53. The predicted octanol–water partition coefficient (Wildman–Crippen LogP) is 2.78. The number of fused-ring (bicyclic) bond motifs is 1. The van der Waals surface area contributed by atoms with Crippen molar-refractivity contribution in [3.63, 3.8) is 0 Å². The van der Waals surface area contributed by atoms with Gasteiger partial charge in [-0.2, -0.15) is 0 Å². The van der Waals surface area contributed by atoms with Crippen LogP contribution in [0.5, 0.6) is 5.75 Å². The standard InChI is InChI=1S/C17H24N2O/c1-18-15-9-11-8-14-12-4-2-3-5-17(12,6-7-19-14)13(11)10-16(15)20/h9-10,12,14,18-20H,2-8H2,1H3/t12-,14+,17+/m0/s1. The number of phenols is 1. The minimum atomic E-state index is 0.339. The molecule has 2 fully saturated rings. The molecule has 0 radical (unpaired) electrons. The normalized spacial score (nSPS) is 35.0. The molecule has 3 nitrogen and oxygen atoms in total. The molecule has 3 N–H and O–H groups in total. The van der Waals surface area contributed by atoms with E-state index >= 15 is 0 Å². The van der Waals surface area contributed by atoms with Gasteiger partial charge in [0.25, 0.3) is 0 Å². The third-order valence-corrected chi connectivity index (χ3v) is 6.03. The summed E-state index contributed by atoms with van der Waals surface area (Å²) in [4.78, 5) is 0. The van der Waals surface area contributed by atoms with Crippen LogP contribution in [0.2, 0.25) is 0 Å². The zero-order valence-corrected chi connectivity index (χ0v) is 12.2. The molecule has 4 rings (SSSR count). The van der Waals surface area contributed by atoms with Gasteiger partial charge in [-0.25, -0.2) is 0 Å². The monoisotopic (exact) mass is 272 g/mol. The minimum absolute atomic E-state index is 0.339. The summed E-state index contributed by atoms with van der Waals surface area (Å²) in [6, 6.07) is 4.89. The van der Waals surface area contributed by atoms with Crippen molar-refractivity contribution in [2.24, 2.45) is 5.92 Å². The molecule has 0 unspecified atom stereocenters. The smallest absolute Gasteiger partial charge is 0.138 e. The molecule has 0 amide bonds. The van der Waals surface area contributed by atoms with Crippen LogP contribution in [-0.4, -0.2) is 24.7 Å². The molecule has 108 valence electrons. The Labute approximate surface area is 120 Å². The summed E-state index contributed by atoms with van der Waals surface area (Å²) in [5.74, 6) is 1.19. The predicted molar refractivity (Wildman–Crippen MR) is 81.4 cm³/mol. The van der Waals surface area contributed by atoms with Crippen LogP contribution in [0.1, 0.15) is 43.2 Å². The zero-order chi connectivity index (χ0) is 13.7. The fourth-order valence-corrected chi connectivity index (χ4v) is 5.17. The largest absolute Gasteiger partial charge is 0.506 e. The van der Waals surface area contributed by atoms with Crippen molar-refractivity contribution in [3.05, 3.63) is 23.3 Å². The summed E-state index contributed by atoms with van der Waals surface area (Å²) in [6.45, 7) is 1.13. The Morgan fingerprint density at radius 2 is 2.20 bits per heavy atom. The number of hydrogen-bond acceptors (Lipinski definition) is 3. The first kappa shape index (κ1) is 12.5. The van der Waals surface area contributed by atoms with Crippen LogP contribution in [0.3, 0.4) is 0 Å². The number of benzene rings is 1. The van der Waals surface area contributed by atoms with Crippen LogP contribution in [-0.2, 0) is 11.8 Å². The van der Waals surface area contributed by atoms with Gasteiger partial charge in [-0.15, -0.1) is 0 Å². The van der Waals surface area contributed by atoms with E-state index < -0.39 is 0 Å². The van der Waals surface area contributed by atoms with E-state index in [1.54, 1.807) is 0 Å². The highest BCUT2D eigenvalue weighted by molar-refractivity contribution is 5.61. The third kappa shape index (κ3) is 1.56. The van der Waals surface area contributed by atoms with Gasteiger partial charge in [-0.05, 0) is 61.4 Å². The highest BCUT2D eigenvalue weighted by Gasteiger charge is 2.51. The van der Waals surface area contributed by atoms with Gasteiger partial charge in [0.2, 0.25) is 0 Å². The molecule has 0 spiro atoms. The fraction of sp³-hybridized carbons (Fsp3) is 0.647. The average molecular weight is 272 g/mol. The molecule has 2 aliphatic carbocycles. The summed E-state index contributed by atoms with van der Waals surface area (Å²) in [5, 5.41) is 17.1. The minimum Gasteiger partial charge on any atom is -0.506 e. The third-order valence-electron chi connectivity index (χ3n) is 6.03. The van der Waals surface area contributed by atoms with E-state index in [0.29, 0.717) is 17.2 Å². The second-order valence-corrected chi connectivity index (χ2v) is 6.80.